The molecule has 15 heteroatoms. The van der Waals surface area contributed by atoms with Gasteiger partial charge in [0.2, 0.25) is 5.91 Å². The molecule has 0 bridgehead atoms. The number of hydrogen-bond acceptors (Lipinski definition) is 6. The molecule has 2 N–H and O–H groups in total. The molecule has 0 spiro atoms. The number of carboxylic acid groups (broad SMARTS) is 2. The van der Waals surface area contributed by atoms with Crippen LogP contribution in [0.3, 0.4) is 0 Å². The first-order valence-electron chi connectivity index (χ1n) is 11.1. The summed E-state index contributed by atoms with van der Waals surface area (Å²) in [6.07, 6.45) is -8.53. The zero-order chi connectivity index (χ0) is 28.8. The molecule has 2 saturated heterocycles. The summed E-state index contributed by atoms with van der Waals surface area (Å²) < 4.78 is 69.2. The molecule has 2 aliphatic heterocycles. The lowest BCUT2D eigenvalue weighted by Crippen LogP contribution is -2.36. The lowest BCUT2D eigenvalue weighted by Gasteiger charge is -2.25. The van der Waals surface area contributed by atoms with Crippen LogP contribution in [0.4, 0.5) is 26.3 Å². The van der Waals surface area contributed by atoms with Crippen LogP contribution in [0.5, 0.6) is 0 Å². The highest BCUT2D eigenvalue weighted by Crippen LogP contribution is 2.34. The van der Waals surface area contributed by atoms with E-state index in [2.05, 4.69) is 9.88 Å². The van der Waals surface area contributed by atoms with E-state index in [1.807, 2.05) is 49.1 Å². The first-order valence-corrected chi connectivity index (χ1v) is 11.1. The van der Waals surface area contributed by atoms with Crippen molar-refractivity contribution in [1.29, 1.82) is 0 Å². The molecule has 0 aromatic carbocycles. The van der Waals surface area contributed by atoms with Crippen LogP contribution in [0.2, 0.25) is 0 Å². The van der Waals surface area contributed by atoms with Gasteiger partial charge in [-0.15, -0.1) is 0 Å². The predicted molar refractivity (Wildman–Crippen MR) is 118 cm³/mol. The van der Waals surface area contributed by atoms with E-state index in [9.17, 15) is 31.1 Å². The van der Waals surface area contributed by atoms with E-state index in [4.69, 9.17) is 24.2 Å². The number of aromatic nitrogens is 1. The minimum absolute atomic E-state index is 0.244. The van der Waals surface area contributed by atoms with Crippen LogP contribution < -0.4 is 0 Å². The molecule has 0 aliphatic carbocycles. The van der Waals surface area contributed by atoms with Crippen LogP contribution in [0.25, 0.3) is 0 Å². The molecule has 0 radical (unpaired) electrons. The number of likely N-dealkylation sites (tertiary alicyclic amines) is 2. The number of nitrogens with zero attached hydrogens (tertiary/aromatic N) is 3. The van der Waals surface area contributed by atoms with Crippen LogP contribution in [0, 0.1) is 13.8 Å². The maximum atomic E-state index is 12.5. The van der Waals surface area contributed by atoms with Gasteiger partial charge < -0.3 is 19.5 Å². The molecule has 2 aromatic heterocycles. The topological polar surface area (TPSA) is 124 Å². The summed E-state index contributed by atoms with van der Waals surface area (Å²) in [7, 11) is 0. The number of furan rings is 1. The molecule has 4 heterocycles. The van der Waals surface area contributed by atoms with Gasteiger partial charge in [-0.05, 0) is 44.5 Å². The van der Waals surface area contributed by atoms with Gasteiger partial charge in [0.25, 0.3) is 0 Å². The highest BCUT2D eigenvalue weighted by molar-refractivity contribution is 5.80. The van der Waals surface area contributed by atoms with E-state index < -0.39 is 24.3 Å². The van der Waals surface area contributed by atoms with E-state index in [0.29, 0.717) is 25.0 Å². The predicted octanol–water partition coefficient (Wildman–Crippen LogP) is 3.93. The highest BCUT2D eigenvalue weighted by Gasteiger charge is 2.46. The van der Waals surface area contributed by atoms with E-state index in [0.717, 1.165) is 42.4 Å². The van der Waals surface area contributed by atoms with Crippen molar-refractivity contribution in [2.45, 2.75) is 64.2 Å². The lowest BCUT2D eigenvalue weighted by molar-refractivity contribution is -0.193. The first kappa shape index (κ1) is 30.6. The number of halogens is 6. The Kier molecular flexibility index (Phi) is 9.89. The molecular weight excluding hydrogens is 528 g/mol. The minimum atomic E-state index is -5.08. The van der Waals surface area contributed by atoms with Gasteiger partial charge in [0, 0.05) is 30.7 Å². The van der Waals surface area contributed by atoms with Crippen LogP contribution in [0.1, 0.15) is 35.7 Å². The number of rotatable bonds is 4. The number of amides is 1. The molecule has 0 saturated carbocycles. The number of carbonyl (C=O) groups is 3. The van der Waals surface area contributed by atoms with Gasteiger partial charge in [-0.25, -0.2) is 9.59 Å². The fraction of sp³-hybridized carbons (Fsp3) is 0.478. The van der Waals surface area contributed by atoms with Crippen molar-refractivity contribution >= 4 is 17.8 Å². The number of alkyl halides is 6. The van der Waals surface area contributed by atoms with Gasteiger partial charge in [0.15, 0.2) is 0 Å². The lowest BCUT2D eigenvalue weighted by atomic mass is 10.1. The van der Waals surface area contributed by atoms with Crippen LogP contribution in [-0.4, -0.2) is 73.8 Å². The molecule has 0 unspecified atom stereocenters. The van der Waals surface area contributed by atoms with Crippen molar-refractivity contribution in [2.75, 3.05) is 6.54 Å². The molecule has 38 heavy (non-hydrogen) atoms. The zero-order valence-corrected chi connectivity index (χ0v) is 20.2. The Morgan fingerprint density at radius 1 is 0.974 bits per heavy atom. The van der Waals surface area contributed by atoms with Gasteiger partial charge in [-0.3, -0.25) is 14.7 Å². The number of carboxylic acids is 2. The average molecular weight is 553 g/mol. The average Bonchev–Trinajstić information content (AvgIpc) is 3.45. The summed E-state index contributed by atoms with van der Waals surface area (Å²) in [5, 5.41) is 14.2. The Bertz CT molecular complexity index is 1110. The standard InChI is InChI=1S/C19H23N3O2.2C2HF3O2/c1-13-4-3-5-15(20-13)11-22-17-8-9-21(18(17)10-19(22)23)12-16-7-6-14(2)24-16;2*3-2(4,5)1(6)7/h3-7,17-18H,8-12H2,1-2H3;2*(H,6,7)/t17-,18+;;/m0../s1. The molecule has 210 valence electrons. The van der Waals surface area contributed by atoms with Gasteiger partial charge in [0.1, 0.15) is 11.5 Å². The summed E-state index contributed by atoms with van der Waals surface area (Å²) in [4.78, 5) is 39.3. The molecular formula is C23H25F6N3O6. The maximum Gasteiger partial charge on any atom is 0.490 e. The third kappa shape index (κ3) is 8.75. The molecule has 4 rings (SSSR count). The van der Waals surface area contributed by atoms with E-state index >= 15 is 0 Å². The van der Waals surface area contributed by atoms with Crippen molar-refractivity contribution in [3.8, 4) is 0 Å². The quantitative estimate of drug-likeness (QED) is 0.546. The van der Waals surface area contributed by atoms with Crippen molar-refractivity contribution in [1.82, 2.24) is 14.8 Å². The second-order valence-corrected chi connectivity index (χ2v) is 8.51. The highest BCUT2D eigenvalue weighted by atomic mass is 19.4. The van der Waals surface area contributed by atoms with Crippen LogP contribution in [0.15, 0.2) is 34.7 Å². The fourth-order valence-electron chi connectivity index (χ4n) is 4.04. The maximum absolute atomic E-state index is 12.5. The molecule has 2 fully saturated rings. The van der Waals surface area contributed by atoms with E-state index in [1.54, 1.807) is 0 Å². The minimum Gasteiger partial charge on any atom is -0.475 e. The molecule has 1 amide bonds. The monoisotopic (exact) mass is 553 g/mol. The number of aliphatic carboxylic acids is 2. The fourth-order valence-corrected chi connectivity index (χ4v) is 4.04. The van der Waals surface area contributed by atoms with Gasteiger partial charge in [-0.2, -0.15) is 26.3 Å². The summed E-state index contributed by atoms with van der Waals surface area (Å²) in [5.74, 6) is -3.34. The zero-order valence-electron chi connectivity index (χ0n) is 20.2. The second kappa shape index (κ2) is 12.3. The SMILES string of the molecule is Cc1cccc(CN2C(=O)C[C@@H]3[C@@H]2CCN3Cc2ccc(C)o2)n1.O=C(O)C(F)(F)F.O=C(O)C(F)(F)F. The summed E-state index contributed by atoms with van der Waals surface area (Å²) in [5.41, 5.74) is 1.97. The van der Waals surface area contributed by atoms with Gasteiger partial charge in [-0.1, -0.05) is 6.07 Å². The Morgan fingerprint density at radius 3 is 2.03 bits per heavy atom. The van der Waals surface area contributed by atoms with Crippen LogP contribution in [-0.2, 0) is 27.5 Å². The summed E-state index contributed by atoms with van der Waals surface area (Å²) in [6.45, 7) is 6.38. The first-order chi connectivity index (χ1) is 17.5. The Balaban J connectivity index is 0.000000301. The van der Waals surface area contributed by atoms with E-state index in [-0.39, 0.29) is 5.91 Å². The number of fused-ring (bicyclic) bond motifs is 1. The van der Waals surface area contributed by atoms with Crippen LogP contribution >= 0.6 is 0 Å². The molecule has 2 aliphatic rings. The Morgan fingerprint density at radius 2 is 1.55 bits per heavy atom. The summed E-state index contributed by atoms with van der Waals surface area (Å²) in [6, 6.07) is 10.6. The normalized spacial score (nSPS) is 19.3. The second-order valence-electron chi connectivity index (χ2n) is 8.51. The number of carbonyl (C=O) groups excluding carboxylic acids is 1. The largest absolute Gasteiger partial charge is 0.490 e. The smallest absolute Gasteiger partial charge is 0.475 e. The third-order valence-electron chi connectivity index (χ3n) is 5.65. The Labute approximate surface area is 212 Å². The van der Waals surface area contributed by atoms with Crippen molar-refractivity contribution in [2.24, 2.45) is 0 Å². The van der Waals surface area contributed by atoms with Crippen molar-refractivity contribution in [3.05, 3.63) is 53.2 Å². The van der Waals surface area contributed by atoms with Gasteiger partial charge in [0.05, 0.1) is 18.8 Å². The van der Waals surface area contributed by atoms with Gasteiger partial charge >= 0.3 is 24.3 Å². The Hall–Kier alpha value is -3.62. The van der Waals surface area contributed by atoms with Crippen molar-refractivity contribution < 1.29 is 55.4 Å². The molecule has 9 nitrogen and oxygen atoms in total. The van der Waals surface area contributed by atoms with Crippen molar-refractivity contribution in [3.63, 3.8) is 0 Å². The van der Waals surface area contributed by atoms with E-state index in [1.165, 1.54) is 0 Å². The molecule has 2 atom stereocenters. The molecule has 2 aromatic rings. The summed E-state index contributed by atoms with van der Waals surface area (Å²) >= 11 is 0. The number of aryl methyl sites for hydroxylation is 2. The third-order valence-corrected chi connectivity index (χ3v) is 5.65. The number of hydrogen-bond donors (Lipinski definition) is 2. The number of pyridine rings is 1.